The van der Waals surface area contributed by atoms with Gasteiger partial charge in [0.1, 0.15) is 0 Å². The Balaban J connectivity index is 1.43. The average molecular weight is 254 g/mol. The molecule has 2 saturated heterocycles. The average Bonchev–Trinajstić information content (AvgIpc) is 2.85. The van der Waals surface area contributed by atoms with Crippen molar-refractivity contribution in [1.82, 2.24) is 10.2 Å². The number of aliphatic hydroxyl groups excluding tert-OH is 1. The van der Waals surface area contributed by atoms with E-state index in [1.165, 1.54) is 32.2 Å². The van der Waals surface area contributed by atoms with Gasteiger partial charge in [-0.2, -0.15) is 0 Å². The second-order valence-corrected chi connectivity index (χ2v) is 6.11. The lowest BCUT2D eigenvalue weighted by atomic mass is 9.92. The third kappa shape index (κ3) is 2.87. The number of nitrogens with one attached hydrogen (secondary N) is 1. The summed E-state index contributed by atoms with van der Waals surface area (Å²) in [6, 6.07) is 0.972. The lowest BCUT2D eigenvalue weighted by Crippen LogP contribution is -2.52. The van der Waals surface area contributed by atoms with Crippen molar-refractivity contribution in [2.24, 2.45) is 0 Å². The first-order chi connectivity index (χ1) is 8.83. The van der Waals surface area contributed by atoms with Crippen molar-refractivity contribution in [3.05, 3.63) is 0 Å². The largest absolute Gasteiger partial charge is 0.392 e. The van der Waals surface area contributed by atoms with Crippen LogP contribution in [0.4, 0.5) is 0 Å². The van der Waals surface area contributed by atoms with E-state index in [1.54, 1.807) is 0 Å². The highest BCUT2D eigenvalue weighted by molar-refractivity contribution is 4.87. The van der Waals surface area contributed by atoms with Crippen LogP contribution in [0.15, 0.2) is 0 Å². The molecule has 2 aliphatic heterocycles. The van der Waals surface area contributed by atoms with Gasteiger partial charge >= 0.3 is 0 Å². The minimum Gasteiger partial charge on any atom is -0.392 e. The first-order valence-electron chi connectivity index (χ1n) is 7.60. The number of morpholine rings is 1. The molecule has 1 saturated carbocycles. The Morgan fingerprint density at radius 1 is 1.17 bits per heavy atom. The number of aliphatic hydroxyl groups is 1. The van der Waals surface area contributed by atoms with Crippen molar-refractivity contribution in [1.29, 1.82) is 0 Å². The van der Waals surface area contributed by atoms with Crippen LogP contribution in [0, 0.1) is 0 Å². The fraction of sp³-hybridized carbons (Fsp3) is 1.00. The normalized spacial score (nSPS) is 41.8. The van der Waals surface area contributed by atoms with Crippen LogP contribution in [0.25, 0.3) is 0 Å². The van der Waals surface area contributed by atoms with Crippen LogP contribution >= 0.6 is 0 Å². The molecule has 0 spiro atoms. The molecule has 1 aliphatic carbocycles. The second-order valence-electron chi connectivity index (χ2n) is 6.11. The molecule has 0 aromatic rings. The van der Waals surface area contributed by atoms with Crippen LogP contribution < -0.4 is 5.32 Å². The van der Waals surface area contributed by atoms with Crippen LogP contribution in [0.1, 0.15) is 38.5 Å². The van der Waals surface area contributed by atoms with E-state index in [-0.39, 0.29) is 6.10 Å². The van der Waals surface area contributed by atoms with E-state index < -0.39 is 0 Å². The van der Waals surface area contributed by atoms with E-state index in [4.69, 9.17) is 4.74 Å². The highest BCUT2D eigenvalue weighted by Gasteiger charge is 2.32. The minimum absolute atomic E-state index is 0.151. The van der Waals surface area contributed by atoms with E-state index in [0.29, 0.717) is 18.2 Å². The Hall–Kier alpha value is -0.160. The van der Waals surface area contributed by atoms with Gasteiger partial charge in [-0.25, -0.2) is 0 Å². The van der Waals surface area contributed by atoms with Gasteiger partial charge in [0.05, 0.1) is 18.8 Å². The molecule has 2 heterocycles. The Morgan fingerprint density at radius 2 is 2.06 bits per heavy atom. The number of nitrogens with zero attached hydrogens (tertiary/aromatic N) is 1. The Bertz CT molecular complexity index is 275. The van der Waals surface area contributed by atoms with Gasteiger partial charge in [0.2, 0.25) is 0 Å². The highest BCUT2D eigenvalue weighted by atomic mass is 16.5. The minimum atomic E-state index is -0.151. The first-order valence-corrected chi connectivity index (χ1v) is 7.60. The number of hydrogen-bond donors (Lipinski definition) is 2. The molecule has 3 aliphatic rings. The summed E-state index contributed by atoms with van der Waals surface area (Å²) >= 11 is 0. The van der Waals surface area contributed by atoms with Crippen molar-refractivity contribution in [3.63, 3.8) is 0 Å². The molecular weight excluding hydrogens is 228 g/mol. The monoisotopic (exact) mass is 254 g/mol. The smallest absolute Gasteiger partial charge is 0.0827 e. The maximum Gasteiger partial charge on any atom is 0.0827 e. The maximum absolute atomic E-state index is 9.93. The van der Waals surface area contributed by atoms with Gasteiger partial charge in [-0.15, -0.1) is 0 Å². The summed E-state index contributed by atoms with van der Waals surface area (Å²) in [4.78, 5) is 2.58. The summed E-state index contributed by atoms with van der Waals surface area (Å²) < 4.78 is 5.93. The lowest BCUT2D eigenvalue weighted by molar-refractivity contribution is -0.0503. The predicted molar refractivity (Wildman–Crippen MR) is 70.6 cm³/mol. The molecule has 0 radical (unpaired) electrons. The molecule has 3 fully saturated rings. The number of ether oxygens (including phenoxy) is 1. The van der Waals surface area contributed by atoms with Gasteiger partial charge in [-0.05, 0) is 32.2 Å². The van der Waals surface area contributed by atoms with E-state index in [9.17, 15) is 5.11 Å². The summed E-state index contributed by atoms with van der Waals surface area (Å²) in [7, 11) is 0. The number of hydrogen-bond acceptors (Lipinski definition) is 4. The summed E-state index contributed by atoms with van der Waals surface area (Å²) in [6.07, 6.45) is 7.29. The van der Waals surface area contributed by atoms with Crippen LogP contribution in [-0.4, -0.2) is 60.5 Å². The predicted octanol–water partition coefficient (Wildman–Crippen LogP) is 0.743. The third-order valence-corrected chi connectivity index (χ3v) is 4.80. The lowest BCUT2D eigenvalue weighted by Gasteiger charge is -2.37. The molecule has 4 heteroatoms. The van der Waals surface area contributed by atoms with Crippen LogP contribution in [0.2, 0.25) is 0 Å². The van der Waals surface area contributed by atoms with E-state index in [1.807, 2.05) is 0 Å². The van der Waals surface area contributed by atoms with Gasteiger partial charge in [0.25, 0.3) is 0 Å². The Labute approximate surface area is 110 Å². The second kappa shape index (κ2) is 5.87. The quantitative estimate of drug-likeness (QED) is 0.780. The molecular formula is C14H26N2O2. The van der Waals surface area contributed by atoms with Gasteiger partial charge in [0, 0.05) is 25.2 Å². The molecule has 3 rings (SSSR count). The van der Waals surface area contributed by atoms with Gasteiger partial charge in [-0.3, -0.25) is 4.90 Å². The SMILES string of the molecule is OC1CCCCC1NCC1CN2CCCC2CO1. The van der Waals surface area contributed by atoms with Crippen LogP contribution in [-0.2, 0) is 4.74 Å². The van der Waals surface area contributed by atoms with E-state index in [2.05, 4.69) is 10.2 Å². The molecule has 0 aromatic carbocycles. The van der Waals surface area contributed by atoms with Crippen molar-refractivity contribution >= 4 is 0 Å². The molecule has 0 amide bonds. The van der Waals surface area contributed by atoms with Crippen LogP contribution in [0.5, 0.6) is 0 Å². The Kier molecular flexibility index (Phi) is 4.19. The van der Waals surface area contributed by atoms with Gasteiger partial charge in [0.15, 0.2) is 0 Å². The van der Waals surface area contributed by atoms with Crippen molar-refractivity contribution in [3.8, 4) is 0 Å². The molecule has 2 N–H and O–H groups in total. The zero-order chi connectivity index (χ0) is 12.4. The molecule has 4 nitrogen and oxygen atoms in total. The zero-order valence-electron chi connectivity index (χ0n) is 11.2. The molecule has 18 heavy (non-hydrogen) atoms. The first kappa shape index (κ1) is 12.9. The van der Waals surface area contributed by atoms with Crippen molar-refractivity contribution in [2.45, 2.75) is 62.8 Å². The van der Waals surface area contributed by atoms with E-state index in [0.717, 1.165) is 32.5 Å². The van der Waals surface area contributed by atoms with Crippen LogP contribution in [0.3, 0.4) is 0 Å². The van der Waals surface area contributed by atoms with Crippen molar-refractivity contribution < 1.29 is 9.84 Å². The fourth-order valence-corrected chi connectivity index (χ4v) is 3.64. The maximum atomic E-state index is 9.93. The number of fused-ring (bicyclic) bond motifs is 1. The fourth-order valence-electron chi connectivity index (χ4n) is 3.64. The molecule has 4 unspecified atom stereocenters. The molecule has 104 valence electrons. The van der Waals surface area contributed by atoms with Gasteiger partial charge in [-0.1, -0.05) is 12.8 Å². The standard InChI is InChI=1S/C14H26N2O2/c17-14-6-2-1-5-13(14)15-8-12-9-16-7-3-4-11(16)10-18-12/h11-15,17H,1-10H2. The summed E-state index contributed by atoms with van der Waals surface area (Å²) in [6.45, 7) is 4.11. The summed E-state index contributed by atoms with van der Waals surface area (Å²) in [5.41, 5.74) is 0. The highest BCUT2D eigenvalue weighted by Crippen LogP contribution is 2.23. The van der Waals surface area contributed by atoms with Gasteiger partial charge < -0.3 is 15.2 Å². The molecule has 0 aromatic heterocycles. The Morgan fingerprint density at radius 3 is 2.94 bits per heavy atom. The number of rotatable bonds is 3. The topological polar surface area (TPSA) is 44.7 Å². The zero-order valence-corrected chi connectivity index (χ0v) is 11.2. The summed E-state index contributed by atoms with van der Waals surface area (Å²) in [5.74, 6) is 0. The molecule has 4 atom stereocenters. The summed E-state index contributed by atoms with van der Waals surface area (Å²) in [5, 5.41) is 13.5. The van der Waals surface area contributed by atoms with Crippen molar-refractivity contribution in [2.75, 3.05) is 26.2 Å². The van der Waals surface area contributed by atoms with E-state index >= 15 is 0 Å². The molecule has 0 bridgehead atoms. The third-order valence-electron chi connectivity index (χ3n) is 4.80.